The maximum absolute atomic E-state index is 12.3. The van der Waals surface area contributed by atoms with Crippen LogP contribution < -0.4 is 15.5 Å². The highest BCUT2D eigenvalue weighted by molar-refractivity contribution is 6.30. The normalized spacial score (nSPS) is 14.2. The van der Waals surface area contributed by atoms with Gasteiger partial charge in [0.2, 0.25) is 11.9 Å². The fraction of sp³-hybridized carbons (Fsp3) is 0.333. The Balaban J connectivity index is 1.44. The zero-order valence-corrected chi connectivity index (χ0v) is 17.0. The number of halogens is 1. The van der Waals surface area contributed by atoms with Crippen LogP contribution in [0.5, 0.6) is 0 Å². The van der Waals surface area contributed by atoms with Gasteiger partial charge in [-0.25, -0.2) is 15.0 Å². The summed E-state index contributed by atoms with van der Waals surface area (Å²) < 4.78 is 0. The summed E-state index contributed by atoms with van der Waals surface area (Å²) in [5, 5.41) is 6.89. The second kappa shape index (κ2) is 8.71. The van der Waals surface area contributed by atoms with Crippen LogP contribution in [0, 0.1) is 6.92 Å². The Labute approximate surface area is 174 Å². The third kappa shape index (κ3) is 4.81. The standard InChI is InChI=1S/C21H23ClN6O/c1-14-20-17(25-21(24-14)28-12-10-23-11-13-28)7-8-18(27-20)26-19(29)9-4-15-2-5-16(22)6-3-15/h2-3,5-8,23H,4,9-13H2,1H3,(H,26,27,29). The number of hydrogen-bond acceptors (Lipinski definition) is 6. The number of nitrogens with one attached hydrogen (secondary N) is 2. The van der Waals surface area contributed by atoms with Crippen LogP contribution in [0.2, 0.25) is 5.02 Å². The molecule has 2 N–H and O–H groups in total. The molecule has 0 aliphatic carbocycles. The van der Waals surface area contributed by atoms with Crippen LogP contribution in [0.1, 0.15) is 17.7 Å². The maximum Gasteiger partial charge on any atom is 0.226 e. The monoisotopic (exact) mass is 410 g/mol. The number of carbonyl (C=O) groups is 1. The average Bonchev–Trinajstić information content (AvgIpc) is 2.74. The van der Waals surface area contributed by atoms with E-state index < -0.39 is 0 Å². The van der Waals surface area contributed by atoms with E-state index in [1.165, 1.54) is 0 Å². The van der Waals surface area contributed by atoms with Crippen molar-refractivity contribution in [2.24, 2.45) is 0 Å². The summed E-state index contributed by atoms with van der Waals surface area (Å²) in [5.41, 5.74) is 3.37. The number of pyridine rings is 1. The third-order valence-electron chi connectivity index (χ3n) is 4.93. The van der Waals surface area contributed by atoms with Crippen LogP contribution in [-0.2, 0) is 11.2 Å². The summed E-state index contributed by atoms with van der Waals surface area (Å²) in [6.45, 7) is 5.56. The van der Waals surface area contributed by atoms with Crippen molar-refractivity contribution in [3.63, 3.8) is 0 Å². The van der Waals surface area contributed by atoms with Gasteiger partial charge in [0.15, 0.2) is 0 Å². The van der Waals surface area contributed by atoms with Crippen molar-refractivity contribution in [2.75, 3.05) is 36.4 Å². The maximum atomic E-state index is 12.3. The number of carbonyl (C=O) groups excluding carboxylic acids is 1. The van der Waals surface area contributed by atoms with Gasteiger partial charge in [-0.05, 0) is 43.2 Å². The lowest BCUT2D eigenvalue weighted by Crippen LogP contribution is -2.44. The lowest BCUT2D eigenvalue weighted by molar-refractivity contribution is -0.116. The van der Waals surface area contributed by atoms with Gasteiger partial charge in [-0.3, -0.25) is 4.79 Å². The van der Waals surface area contributed by atoms with Gasteiger partial charge in [0.05, 0.1) is 11.2 Å². The van der Waals surface area contributed by atoms with E-state index in [4.69, 9.17) is 11.6 Å². The van der Waals surface area contributed by atoms with E-state index in [1.54, 1.807) is 6.07 Å². The minimum atomic E-state index is -0.0807. The Morgan fingerprint density at radius 1 is 1.10 bits per heavy atom. The molecular formula is C21H23ClN6O. The average molecular weight is 411 g/mol. The summed E-state index contributed by atoms with van der Waals surface area (Å²) in [6.07, 6.45) is 1.02. The molecule has 1 fully saturated rings. The Morgan fingerprint density at radius 2 is 1.86 bits per heavy atom. The van der Waals surface area contributed by atoms with E-state index in [-0.39, 0.29) is 5.91 Å². The molecule has 0 saturated carbocycles. The van der Waals surface area contributed by atoms with Crippen molar-refractivity contribution in [1.82, 2.24) is 20.3 Å². The number of aromatic nitrogens is 3. The molecule has 1 saturated heterocycles. The molecular weight excluding hydrogens is 388 g/mol. The fourth-order valence-corrected chi connectivity index (χ4v) is 3.46. The van der Waals surface area contributed by atoms with Crippen LogP contribution in [0.4, 0.5) is 11.8 Å². The summed E-state index contributed by atoms with van der Waals surface area (Å²) in [4.78, 5) is 28.3. The predicted octanol–water partition coefficient (Wildman–Crippen LogP) is 2.97. The molecule has 0 spiro atoms. The van der Waals surface area contributed by atoms with Crippen molar-refractivity contribution in [3.05, 3.63) is 52.7 Å². The Kier molecular flexibility index (Phi) is 5.87. The number of nitrogens with zero attached hydrogens (tertiary/aromatic N) is 4. The van der Waals surface area contributed by atoms with Gasteiger partial charge < -0.3 is 15.5 Å². The Morgan fingerprint density at radius 3 is 2.62 bits per heavy atom. The Bertz CT molecular complexity index is 1020. The molecule has 150 valence electrons. The van der Waals surface area contributed by atoms with Crippen molar-refractivity contribution in [3.8, 4) is 0 Å². The topological polar surface area (TPSA) is 83.0 Å². The summed E-state index contributed by atoms with van der Waals surface area (Å²) in [5.74, 6) is 1.17. The van der Waals surface area contributed by atoms with E-state index in [1.807, 2.05) is 37.3 Å². The van der Waals surface area contributed by atoms with Gasteiger partial charge in [0, 0.05) is 37.6 Å². The number of piperazine rings is 1. The number of benzene rings is 1. The molecule has 8 heteroatoms. The highest BCUT2D eigenvalue weighted by Gasteiger charge is 2.16. The first kappa shape index (κ1) is 19.5. The second-order valence-electron chi connectivity index (χ2n) is 7.08. The molecule has 4 rings (SSSR count). The molecule has 3 heterocycles. The molecule has 7 nitrogen and oxygen atoms in total. The lowest BCUT2D eigenvalue weighted by atomic mass is 10.1. The molecule has 0 unspecified atom stereocenters. The number of aryl methyl sites for hydroxylation is 2. The number of hydrogen-bond donors (Lipinski definition) is 2. The first-order valence-corrected chi connectivity index (χ1v) is 10.1. The summed E-state index contributed by atoms with van der Waals surface area (Å²) in [6, 6.07) is 11.2. The minimum Gasteiger partial charge on any atom is -0.338 e. The number of fused-ring (bicyclic) bond motifs is 1. The van der Waals surface area contributed by atoms with E-state index >= 15 is 0 Å². The number of anilines is 2. The smallest absolute Gasteiger partial charge is 0.226 e. The highest BCUT2D eigenvalue weighted by Crippen LogP contribution is 2.20. The third-order valence-corrected chi connectivity index (χ3v) is 5.18. The SMILES string of the molecule is Cc1nc(N2CCNCC2)nc2ccc(NC(=O)CCc3ccc(Cl)cc3)nc12. The predicted molar refractivity (Wildman–Crippen MR) is 116 cm³/mol. The first-order valence-electron chi connectivity index (χ1n) is 9.74. The van der Waals surface area contributed by atoms with E-state index in [2.05, 4.69) is 30.5 Å². The van der Waals surface area contributed by atoms with Crippen molar-refractivity contribution >= 4 is 40.3 Å². The molecule has 1 aliphatic rings. The first-order chi connectivity index (χ1) is 14.1. The molecule has 3 aromatic rings. The van der Waals surface area contributed by atoms with Gasteiger partial charge in [-0.2, -0.15) is 0 Å². The summed E-state index contributed by atoms with van der Waals surface area (Å²) >= 11 is 5.89. The van der Waals surface area contributed by atoms with E-state index in [0.29, 0.717) is 29.2 Å². The molecule has 0 atom stereocenters. The van der Waals surface area contributed by atoms with Crippen molar-refractivity contribution < 1.29 is 4.79 Å². The van der Waals surface area contributed by atoms with Crippen molar-refractivity contribution in [2.45, 2.75) is 19.8 Å². The molecule has 0 radical (unpaired) electrons. The highest BCUT2D eigenvalue weighted by atomic mass is 35.5. The molecule has 2 aromatic heterocycles. The van der Waals surface area contributed by atoms with Crippen LogP contribution in [0.3, 0.4) is 0 Å². The minimum absolute atomic E-state index is 0.0807. The Hall–Kier alpha value is -2.77. The van der Waals surface area contributed by atoms with Gasteiger partial charge in [-0.1, -0.05) is 23.7 Å². The largest absolute Gasteiger partial charge is 0.338 e. The van der Waals surface area contributed by atoms with Crippen molar-refractivity contribution in [1.29, 1.82) is 0 Å². The quantitative estimate of drug-likeness (QED) is 0.672. The molecule has 0 bridgehead atoms. The van der Waals surface area contributed by atoms with Gasteiger partial charge in [0.25, 0.3) is 0 Å². The fourth-order valence-electron chi connectivity index (χ4n) is 3.33. The lowest BCUT2D eigenvalue weighted by Gasteiger charge is -2.27. The van der Waals surface area contributed by atoms with Crippen LogP contribution in [-0.4, -0.2) is 47.0 Å². The van der Waals surface area contributed by atoms with Gasteiger partial charge >= 0.3 is 0 Å². The summed E-state index contributed by atoms with van der Waals surface area (Å²) in [7, 11) is 0. The molecule has 1 amide bonds. The molecule has 29 heavy (non-hydrogen) atoms. The van der Waals surface area contributed by atoms with Gasteiger partial charge in [0.1, 0.15) is 11.3 Å². The van der Waals surface area contributed by atoms with E-state index in [9.17, 15) is 4.79 Å². The number of amides is 1. The second-order valence-corrected chi connectivity index (χ2v) is 7.52. The zero-order chi connectivity index (χ0) is 20.2. The zero-order valence-electron chi connectivity index (χ0n) is 16.3. The molecule has 1 aliphatic heterocycles. The molecule has 1 aromatic carbocycles. The number of rotatable bonds is 5. The van der Waals surface area contributed by atoms with Gasteiger partial charge in [-0.15, -0.1) is 0 Å². The van der Waals surface area contributed by atoms with E-state index in [0.717, 1.165) is 48.9 Å². The van der Waals surface area contributed by atoms with Crippen LogP contribution in [0.25, 0.3) is 11.0 Å². The van der Waals surface area contributed by atoms with Crippen LogP contribution >= 0.6 is 11.6 Å². The van der Waals surface area contributed by atoms with Crippen LogP contribution in [0.15, 0.2) is 36.4 Å².